The van der Waals surface area contributed by atoms with Gasteiger partial charge in [-0.1, -0.05) is 31.2 Å². The van der Waals surface area contributed by atoms with Crippen molar-refractivity contribution in [3.05, 3.63) is 36.1 Å². The van der Waals surface area contributed by atoms with Crippen molar-refractivity contribution in [1.29, 1.82) is 0 Å². The minimum absolute atomic E-state index is 0.399. The molecule has 1 heteroatoms. The van der Waals surface area contributed by atoms with Gasteiger partial charge >= 0.3 is 0 Å². The van der Waals surface area contributed by atoms with E-state index < -0.39 is 0 Å². The Bertz CT molecular complexity index is 260. The topological polar surface area (TPSA) is 9.23 Å². The Hall–Kier alpha value is -0.980. The van der Waals surface area contributed by atoms with Crippen LogP contribution >= 0.6 is 0 Å². The summed E-state index contributed by atoms with van der Waals surface area (Å²) in [6.45, 7) is 2.22. The van der Waals surface area contributed by atoms with Crippen LogP contribution in [0.3, 0.4) is 0 Å². The zero-order valence-electron chi connectivity index (χ0n) is 8.07. The lowest BCUT2D eigenvalue weighted by atomic mass is 10.0. The molecule has 0 heterocycles. The van der Waals surface area contributed by atoms with Crippen LogP contribution in [0.2, 0.25) is 0 Å². The van der Waals surface area contributed by atoms with Gasteiger partial charge in [0.05, 0.1) is 0 Å². The van der Waals surface area contributed by atoms with Gasteiger partial charge in [0.1, 0.15) is 11.9 Å². The molecule has 0 radical (unpaired) electrons. The molecule has 2 unspecified atom stereocenters. The van der Waals surface area contributed by atoms with E-state index >= 15 is 0 Å². The van der Waals surface area contributed by atoms with Crippen molar-refractivity contribution in [2.75, 3.05) is 0 Å². The van der Waals surface area contributed by atoms with E-state index in [9.17, 15) is 0 Å². The molecule has 2 aliphatic rings. The van der Waals surface area contributed by atoms with E-state index in [2.05, 4.69) is 37.3 Å². The maximum Gasteiger partial charge on any atom is 0.108 e. The third-order valence-corrected chi connectivity index (χ3v) is 2.74. The largest absolute Gasteiger partial charge is 0.494 e. The lowest BCUT2D eigenvalue weighted by Gasteiger charge is -2.20. The molecule has 1 nitrogen and oxygen atoms in total. The van der Waals surface area contributed by atoms with E-state index in [0.29, 0.717) is 12.0 Å². The summed E-state index contributed by atoms with van der Waals surface area (Å²) in [5.41, 5.74) is 0. The van der Waals surface area contributed by atoms with Crippen molar-refractivity contribution in [3.63, 3.8) is 0 Å². The fraction of sp³-hybridized carbons (Fsp3) is 0.500. The van der Waals surface area contributed by atoms with Crippen molar-refractivity contribution in [3.8, 4) is 0 Å². The van der Waals surface area contributed by atoms with Crippen LogP contribution < -0.4 is 0 Å². The Morgan fingerprint density at radius 3 is 3.08 bits per heavy atom. The van der Waals surface area contributed by atoms with Crippen LogP contribution in [0, 0.1) is 5.92 Å². The molecule has 0 aliphatic heterocycles. The molecular formula is C12H16O. The van der Waals surface area contributed by atoms with Crippen molar-refractivity contribution in [1.82, 2.24) is 0 Å². The van der Waals surface area contributed by atoms with Gasteiger partial charge in [-0.2, -0.15) is 0 Å². The van der Waals surface area contributed by atoms with E-state index in [4.69, 9.17) is 4.74 Å². The highest BCUT2D eigenvalue weighted by molar-refractivity contribution is 5.19. The summed E-state index contributed by atoms with van der Waals surface area (Å²) in [5, 5.41) is 0. The second-order valence-electron chi connectivity index (χ2n) is 3.66. The van der Waals surface area contributed by atoms with Crippen LogP contribution in [0.25, 0.3) is 0 Å². The quantitative estimate of drug-likeness (QED) is 0.600. The summed E-state index contributed by atoms with van der Waals surface area (Å²) in [5.74, 6) is 1.76. The van der Waals surface area contributed by atoms with Crippen molar-refractivity contribution < 1.29 is 4.74 Å². The van der Waals surface area contributed by atoms with Crippen LogP contribution in [0.1, 0.15) is 26.2 Å². The van der Waals surface area contributed by atoms with E-state index in [1.165, 1.54) is 6.42 Å². The molecule has 0 spiro atoms. The van der Waals surface area contributed by atoms with Gasteiger partial charge in [0.15, 0.2) is 0 Å². The molecule has 0 fully saturated rings. The molecular weight excluding hydrogens is 160 g/mol. The Morgan fingerprint density at radius 2 is 2.38 bits per heavy atom. The summed E-state index contributed by atoms with van der Waals surface area (Å²) >= 11 is 0. The number of hydrogen-bond acceptors (Lipinski definition) is 1. The van der Waals surface area contributed by atoms with Gasteiger partial charge in [-0.15, -0.1) is 0 Å². The van der Waals surface area contributed by atoms with Crippen LogP contribution in [-0.4, -0.2) is 6.10 Å². The van der Waals surface area contributed by atoms with E-state index in [1.807, 2.05) is 0 Å². The second-order valence-corrected chi connectivity index (χ2v) is 3.66. The normalized spacial score (nSPS) is 31.0. The summed E-state index contributed by atoms with van der Waals surface area (Å²) < 4.78 is 5.91. The van der Waals surface area contributed by atoms with Gasteiger partial charge in [-0.3, -0.25) is 0 Å². The van der Waals surface area contributed by atoms with Gasteiger partial charge in [0, 0.05) is 18.8 Å². The average molecular weight is 176 g/mol. The van der Waals surface area contributed by atoms with Crippen molar-refractivity contribution in [2.45, 2.75) is 32.3 Å². The first-order chi connectivity index (χ1) is 6.40. The van der Waals surface area contributed by atoms with Gasteiger partial charge in [-0.25, -0.2) is 0 Å². The predicted molar refractivity (Wildman–Crippen MR) is 54.3 cm³/mol. The molecule has 0 saturated heterocycles. The minimum Gasteiger partial charge on any atom is -0.494 e. The molecule has 2 aliphatic carbocycles. The zero-order valence-corrected chi connectivity index (χ0v) is 8.07. The second kappa shape index (κ2) is 3.82. The molecule has 2 rings (SSSR count). The zero-order chi connectivity index (χ0) is 9.10. The van der Waals surface area contributed by atoms with Crippen LogP contribution in [-0.2, 0) is 4.74 Å². The molecule has 70 valence electrons. The monoisotopic (exact) mass is 176 g/mol. The highest BCUT2D eigenvalue weighted by Crippen LogP contribution is 2.27. The average Bonchev–Trinajstić information content (AvgIpc) is 2.76. The molecule has 0 amide bonds. The summed E-state index contributed by atoms with van der Waals surface area (Å²) in [7, 11) is 0. The third-order valence-electron chi connectivity index (χ3n) is 2.74. The number of hydrogen-bond donors (Lipinski definition) is 0. The molecule has 0 N–H and O–H groups in total. The Morgan fingerprint density at radius 1 is 1.46 bits per heavy atom. The predicted octanol–water partition coefficient (Wildman–Crippen LogP) is 3.20. The lowest BCUT2D eigenvalue weighted by Crippen LogP contribution is -2.17. The highest BCUT2D eigenvalue weighted by atomic mass is 16.5. The number of ether oxygens (including phenoxy) is 1. The lowest BCUT2D eigenvalue weighted by molar-refractivity contribution is 0.0880. The molecule has 0 aromatic carbocycles. The van der Waals surface area contributed by atoms with Crippen molar-refractivity contribution >= 4 is 0 Å². The first kappa shape index (κ1) is 8.61. The minimum atomic E-state index is 0.399. The molecule has 0 bridgehead atoms. The summed E-state index contributed by atoms with van der Waals surface area (Å²) in [4.78, 5) is 0. The maximum atomic E-state index is 5.91. The Balaban J connectivity index is 1.88. The first-order valence-corrected chi connectivity index (χ1v) is 5.09. The maximum absolute atomic E-state index is 5.91. The standard InChI is InChI=1S/C12H16O/c1-2-10-6-5-9-12(10)13-11-7-3-4-8-11/h3-7,10,12H,2,8-9H2,1H3. The van der Waals surface area contributed by atoms with Crippen LogP contribution in [0.4, 0.5) is 0 Å². The first-order valence-electron chi connectivity index (χ1n) is 5.09. The van der Waals surface area contributed by atoms with Gasteiger partial charge in [0.25, 0.3) is 0 Å². The molecule has 2 atom stereocenters. The van der Waals surface area contributed by atoms with E-state index in [0.717, 1.165) is 18.6 Å². The van der Waals surface area contributed by atoms with Crippen LogP contribution in [0.15, 0.2) is 36.1 Å². The smallest absolute Gasteiger partial charge is 0.108 e. The Kier molecular flexibility index (Phi) is 2.53. The number of allylic oxidation sites excluding steroid dienone is 3. The van der Waals surface area contributed by atoms with Crippen molar-refractivity contribution in [2.24, 2.45) is 5.92 Å². The van der Waals surface area contributed by atoms with Gasteiger partial charge in [-0.05, 0) is 12.5 Å². The Labute approximate surface area is 79.8 Å². The molecule has 13 heavy (non-hydrogen) atoms. The third kappa shape index (κ3) is 1.85. The van der Waals surface area contributed by atoms with Crippen LogP contribution in [0.5, 0.6) is 0 Å². The SMILES string of the molecule is CCC1C=CCC1OC1=CC=CC1. The summed E-state index contributed by atoms with van der Waals surface area (Å²) in [6, 6.07) is 0. The van der Waals surface area contributed by atoms with E-state index in [1.54, 1.807) is 0 Å². The van der Waals surface area contributed by atoms with Gasteiger partial charge < -0.3 is 4.74 Å². The fourth-order valence-corrected chi connectivity index (χ4v) is 1.93. The fourth-order valence-electron chi connectivity index (χ4n) is 1.93. The molecule has 0 aromatic heterocycles. The van der Waals surface area contributed by atoms with E-state index in [-0.39, 0.29) is 0 Å². The number of rotatable bonds is 3. The highest BCUT2D eigenvalue weighted by Gasteiger charge is 2.23. The summed E-state index contributed by atoms with van der Waals surface area (Å²) in [6.07, 6.45) is 14.4. The van der Waals surface area contributed by atoms with Gasteiger partial charge in [0.2, 0.25) is 0 Å². The molecule has 0 aromatic rings. The molecule has 0 saturated carbocycles.